The van der Waals surface area contributed by atoms with Crippen LogP contribution in [0.1, 0.15) is 46.5 Å². The summed E-state index contributed by atoms with van der Waals surface area (Å²) in [6.45, 7) is 9.41. The van der Waals surface area contributed by atoms with Crippen molar-refractivity contribution >= 4 is 15.9 Å². The van der Waals surface area contributed by atoms with Crippen LogP contribution in [0.5, 0.6) is 5.88 Å². The van der Waals surface area contributed by atoms with E-state index in [2.05, 4.69) is 9.88 Å². The molecule has 0 atom stereocenters. The number of ether oxygens (including phenoxy) is 2. The molecule has 9 heteroatoms. The Balaban J connectivity index is 1.40. The predicted molar refractivity (Wildman–Crippen MR) is 118 cm³/mol. The number of aromatic nitrogens is 1. The topological polar surface area (TPSA) is 89.0 Å². The molecule has 1 aromatic heterocycles. The molecule has 2 heterocycles. The lowest BCUT2D eigenvalue weighted by atomic mass is 9.85. The summed E-state index contributed by atoms with van der Waals surface area (Å²) < 4.78 is 34.6. The molecular formula is C22H35N3O5S. The first-order chi connectivity index (χ1) is 14.5. The van der Waals surface area contributed by atoms with Gasteiger partial charge in [0, 0.05) is 50.7 Å². The summed E-state index contributed by atoms with van der Waals surface area (Å²) >= 11 is 0. The lowest BCUT2D eigenvalue weighted by Crippen LogP contribution is -2.53. The van der Waals surface area contributed by atoms with Crippen LogP contribution in [-0.2, 0) is 14.6 Å². The van der Waals surface area contributed by atoms with Crippen molar-refractivity contribution < 1.29 is 22.7 Å². The van der Waals surface area contributed by atoms with Crippen LogP contribution in [0.2, 0.25) is 0 Å². The minimum Gasteiger partial charge on any atom is -0.477 e. The summed E-state index contributed by atoms with van der Waals surface area (Å²) in [5, 5.41) is 0. The number of carbonyl (C=O) groups is 1. The number of amides is 1. The predicted octanol–water partition coefficient (Wildman–Crippen LogP) is 2.98. The molecule has 1 aliphatic carbocycles. The van der Waals surface area contributed by atoms with E-state index >= 15 is 0 Å². The number of sulfone groups is 1. The average molecular weight is 454 g/mol. The van der Waals surface area contributed by atoms with Crippen LogP contribution in [0.15, 0.2) is 23.2 Å². The van der Waals surface area contributed by atoms with E-state index < -0.39 is 15.4 Å². The molecule has 1 amide bonds. The fraction of sp³-hybridized carbons (Fsp3) is 0.727. The van der Waals surface area contributed by atoms with Gasteiger partial charge in [0.1, 0.15) is 5.60 Å². The fourth-order valence-corrected chi connectivity index (χ4v) is 4.80. The van der Waals surface area contributed by atoms with Gasteiger partial charge in [-0.3, -0.25) is 4.90 Å². The van der Waals surface area contributed by atoms with Crippen LogP contribution in [-0.4, -0.2) is 80.0 Å². The van der Waals surface area contributed by atoms with Crippen molar-refractivity contribution in [1.82, 2.24) is 14.8 Å². The van der Waals surface area contributed by atoms with Crippen LogP contribution >= 0.6 is 0 Å². The highest BCUT2D eigenvalue weighted by atomic mass is 32.2. The molecule has 1 aromatic rings. The van der Waals surface area contributed by atoms with Gasteiger partial charge >= 0.3 is 6.09 Å². The molecule has 1 saturated heterocycles. The Bertz CT molecular complexity index is 852. The summed E-state index contributed by atoms with van der Waals surface area (Å²) in [4.78, 5) is 20.9. The number of pyridine rings is 1. The van der Waals surface area contributed by atoms with Gasteiger partial charge in [-0.25, -0.2) is 18.2 Å². The molecule has 8 nitrogen and oxygen atoms in total. The molecule has 0 unspecified atom stereocenters. The summed E-state index contributed by atoms with van der Waals surface area (Å²) in [6.07, 6.45) is 6.79. The number of hydrogen-bond donors (Lipinski definition) is 0. The lowest BCUT2D eigenvalue weighted by Gasteiger charge is -2.42. The fourth-order valence-electron chi connectivity index (χ4n) is 4.18. The molecule has 0 bridgehead atoms. The maximum absolute atomic E-state index is 12.2. The van der Waals surface area contributed by atoms with Crippen molar-refractivity contribution in [3.05, 3.63) is 18.3 Å². The lowest BCUT2D eigenvalue weighted by molar-refractivity contribution is 0.00650. The Kier molecular flexibility index (Phi) is 7.47. The van der Waals surface area contributed by atoms with Crippen LogP contribution in [0, 0.1) is 5.92 Å². The monoisotopic (exact) mass is 453 g/mol. The number of nitrogens with zero attached hydrogens (tertiary/aromatic N) is 3. The molecule has 0 N–H and O–H groups in total. The first-order valence-electron chi connectivity index (χ1n) is 11.0. The van der Waals surface area contributed by atoms with Gasteiger partial charge in [-0.15, -0.1) is 0 Å². The minimum absolute atomic E-state index is 0.221. The third-order valence-electron chi connectivity index (χ3n) is 5.90. The van der Waals surface area contributed by atoms with E-state index in [0.29, 0.717) is 37.5 Å². The van der Waals surface area contributed by atoms with Gasteiger partial charge in [0.25, 0.3) is 0 Å². The first kappa shape index (κ1) is 23.8. The van der Waals surface area contributed by atoms with Gasteiger partial charge in [-0.05, 0) is 58.4 Å². The van der Waals surface area contributed by atoms with Gasteiger partial charge in [-0.1, -0.05) is 0 Å². The highest BCUT2D eigenvalue weighted by molar-refractivity contribution is 7.90. The van der Waals surface area contributed by atoms with Crippen molar-refractivity contribution in [1.29, 1.82) is 0 Å². The van der Waals surface area contributed by atoms with Crippen molar-refractivity contribution in [3.63, 3.8) is 0 Å². The van der Waals surface area contributed by atoms with Gasteiger partial charge in [0.2, 0.25) is 5.88 Å². The van der Waals surface area contributed by atoms with E-state index in [4.69, 9.17) is 9.47 Å². The van der Waals surface area contributed by atoms with E-state index in [-0.39, 0.29) is 11.0 Å². The Labute approximate surface area is 185 Å². The molecule has 31 heavy (non-hydrogen) atoms. The van der Waals surface area contributed by atoms with E-state index in [0.717, 1.165) is 38.8 Å². The number of hydrogen-bond acceptors (Lipinski definition) is 7. The van der Waals surface area contributed by atoms with Crippen molar-refractivity contribution in [2.75, 3.05) is 39.0 Å². The van der Waals surface area contributed by atoms with E-state index in [1.165, 1.54) is 24.6 Å². The summed E-state index contributed by atoms with van der Waals surface area (Å²) in [6, 6.07) is 3.52. The molecule has 1 aliphatic heterocycles. The third-order valence-corrected chi connectivity index (χ3v) is 7.01. The molecular weight excluding hydrogens is 418 g/mol. The zero-order valence-corrected chi connectivity index (χ0v) is 19.9. The number of piperazine rings is 1. The second-order valence-electron chi connectivity index (χ2n) is 9.59. The van der Waals surface area contributed by atoms with Crippen molar-refractivity contribution in [3.8, 4) is 5.88 Å². The number of carbonyl (C=O) groups excluding carboxylic acids is 1. The molecule has 174 valence electrons. The average Bonchev–Trinajstić information content (AvgIpc) is 2.71. The molecule has 0 aromatic carbocycles. The Hall–Kier alpha value is -1.87. The third kappa shape index (κ3) is 7.07. The molecule has 2 fully saturated rings. The van der Waals surface area contributed by atoms with Crippen LogP contribution < -0.4 is 4.74 Å². The van der Waals surface area contributed by atoms with Crippen molar-refractivity contribution in [2.24, 2.45) is 5.92 Å². The largest absolute Gasteiger partial charge is 0.477 e. The second-order valence-corrected chi connectivity index (χ2v) is 11.6. The molecule has 2 aliphatic rings. The van der Waals surface area contributed by atoms with Crippen LogP contribution in [0.3, 0.4) is 0 Å². The first-order valence-corrected chi connectivity index (χ1v) is 12.9. The minimum atomic E-state index is -3.26. The smallest absolute Gasteiger partial charge is 0.410 e. The van der Waals surface area contributed by atoms with Crippen molar-refractivity contribution in [2.45, 2.75) is 63.0 Å². The van der Waals surface area contributed by atoms with Crippen LogP contribution in [0.4, 0.5) is 4.79 Å². The highest BCUT2D eigenvalue weighted by Crippen LogP contribution is 2.29. The van der Waals surface area contributed by atoms with E-state index in [1.54, 1.807) is 4.90 Å². The van der Waals surface area contributed by atoms with E-state index in [9.17, 15) is 13.2 Å². The Morgan fingerprint density at radius 1 is 1.13 bits per heavy atom. The zero-order valence-electron chi connectivity index (χ0n) is 19.0. The Morgan fingerprint density at radius 3 is 2.35 bits per heavy atom. The molecule has 0 spiro atoms. The van der Waals surface area contributed by atoms with Gasteiger partial charge in [0.15, 0.2) is 9.84 Å². The normalized spacial score (nSPS) is 23.4. The standard InChI is InChI=1S/C22H35N3O5S/c1-22(2,3)30-21(26)25-13-11-24(12-14-25)18-7-5-17(6-8-18)16-29-20-15-19(9-10-23-20)31(4,27)28/h9-10,15,17-18H,5-8,11-14,16H2,1-4H3/t17-,18-. The maximum Gasteiger partial charge on any atom is 0.410 e. The zero-order chi connectivity index (χ0) is 22.6. The quantitative estimate of drug-likeness (QED) is 0.677. The highest BCUT2D eigenvalue weighted by Gasteiger charge is 2.31. The van der Waals surface area contributed by atoms with Gasteiger partial charge < -0.3 is 14.4 Å². The maximum atomic E-state index is 12.2. The van der Waals surface area contributed by atoms with Crippen LogP contribution in [0.25, 0.3) is 0 Å². The molecule has 1 saturated carbocycles. The second kappa shape index (κ2) is 9.73. The van der Waals surface area contributed by atoms with Gasteiger partial charge in [0.05, 0.1) is 11.5 Å². The summed E-state index contributed by atoms with van der Waals surface area (Å²) in [7, 11) is -3.26. The van der Waals surface area contributed by atoms with E-state index in [1.807, 2.05) is 20.8 Å². The summed E-state index contributed by atoms with van der Waals surface area (Å²) in [5.74, 6) is 0.811. The molecule has 0 radical (unpaired) electrons. The summed E-state index contributed by atoms with van der Waals surface area (Å²) in [5.41, 5.74) is -0.462. The Morgan fingerprint density at radius 2 is 1.77 bits per heavy atom. The SMILES string of the molecule is CC(C)(C)OC(=O)N1CCN([C@H]2CC[C@H](COc3cc(S(C)(=O)=O)ccn3)CC2)CC1. The number of rotatable bonds is 5. The molecule has 3 rings (SSSR count). The van der Waals surface area contributed by atoms with Gasteiger partial charge in [-0.2, -0.15) is 0 Å².